The number of amides is 1. The molecule has 162 valence electrons. The maximum Gasteiger partial charge on any atom is 0.252 e. The van der Waals surface area contributed by atoms with Gasteiger partial charge < -0.3 is 4.90 Å². The van der Waals surface area contributed by atoms with E-state index in [9.17, 15) is 13.2 Å². The second-order valence-electron chi connectivity index (χ2n) is 8.39. The van der Waals surface area contributed by atoms with Gasteiger partial charge in [-0.3, -0.25) is 9.69 Å². The van der Waals surface area contributed by atoms with Crippen LogP contribution in [0.3, 0.4) is 0 Å². The molecular weight excluding hydrogens is 430 g/mol. The van der Waals surface area contributed by atoms with Crippen molar-refractivity contribution >= 4 is 38.9 Å². The fourth-order valence-corrected chi connectivity index (χ4v) is 8.03. The normalized spacial score (nSPS) is 24.1. The van der Waals surface area contributed by atoms with Gasteiger partial charge in [0.05, 0.1) is 4.34 Å². The zero-order valence-electron chi connectivity index (χ0n) is 16.8. The van der Waals surface area contributed by atoms with Crippen molar-refractivity contribution in [3.05, 3.63) is 16.5 Å². The number of rotatable bonds is 4. The van der Waals surface area contributed by atoms with E-state index in [1.807, 2.05) is 4.90 Å². The minimum absolute atomic E-state index is 0.0606. The largest absolute Gasteiger partial charge is 0.340 e. The summed E-state index contributed by atoms with van der Waals surface area (Å²) >= 11 is 6.98. The predicted octanol–water partition coefficient (Wildman–Crippen LogP) is 3.28. The van der Waals surface area contributed by atoms with E-state index >= 15 is 0 Å². The lowest BCUT2D eigenvalue weighted by Crippen LogP contribution is -2.54. The lowest BCUT2D eigenvalue weighted by molar-refractivity contribution is -0.139. The Hall–Kier alpha value is -0.670. The quantitative estimate of drug-likeness (QED) is 0.693. The van der Waals surface area contributed by atoms with Crippen LogP contribution < -0.4 is 0 Å². The molecule has 1 saturated carbocycles. The molecule has 0 unspecified atom stereocenters. The molecule has 0 radical (unpaired) electrons. The van der Waals surface area contributed by atoms with Crippen LogP contribution in [0.4, 0.5) is 0 Å². The van der Waals surface area contributed by atoms with Gasteiger partial charge in [-0.25, -0.2) is 8.42 Å². The van der Waals surface area contributed by atoms with Gasteiger partial charge in [0.25, 0.3) is 10.0 Å². The molecule has 2 aliphatic heterocycles. The first-order valence-corrected chi connectivity index (χ1v) is 13.4. The van der Waals surface area contributed by atoms with Crippen LogP contribution in [0.15, 0.2) is 16.3 Å². The molecule has 1 amide bonds. The number of carbonyl (C=O) groups excluding carboxylic acids is 1. The van der Waals surface area contributed by atoms with Crippen molar-refractivity contribution in [2.75, 3.05) is 39.3 Å². The number of piperidine rings is 1. The summed E-state index contributed by atoms with van der Waals surface area (Å²) < 4.78 is 27.7. The number of piperazine rings is 1. The molecule has 0 N–H and O–H groups in total. The standard InChI is InChI=1S/C20H30ClN3O3S2/c21-18-6-7-19(28-18)29(26,27)24-10-8-16(9-11-24)20(25)23-14-12-22(13-15-23)17-4-2-1-3-5-17/h6-7,16-17H,1-5,8-15H2. The van der Waals surface area contributed by atoms with E-state index in [-0.39, 0.29) is 16.0 Å². The molecule has 0 spiro atoms. The third kappa shape index (κ3) is 4.82. The van der Waals surface area contributed by atoms with Crippen LogP contribution >= 0.6 is 22.9 Å². The monoisotopic (exact) mass is 459 g/mol. The highest BCUT2D eigenvalue weighted by atomic mass is 35.5. The van der Waals surface area contributed by atoms with Crippen molar-refractivity contribution in [3.8, 4) is 0 Å². The Kier molecular flexibility index (Phi) is 6.85. The van der Waals surface area contributed by atoms with Gasteiger partial charge in [-0.1, -0.05) is 30.9 Å². The second kappa shape index (κ2) is 9.22. The zero-order valence-corrected chi connectivity index (χ0v) is 19.2. The molecule has 2 saturated heterocycles. The van der Waals surface area contributed by atoms with E-state index in [4.69, 9.17) is 11.6 Å². The Labute approximate surface area is 182 Å². The number of sulfonamides is 1. The van der Waals surface area contributed by atoms with Gasteiger partial charge in [0.1, 0.15) is 4.21 Å². The predicted molar refractivity (Wildman–Crippen MR) is 116 cm³/mol. The van der Waals surface area contributed by atoms with Gasteiger partial charge in [-0.15, -0.1) is 11.3 Å². The van der Waals surface area contributed by atoms with Crippen LogP contribution in [0, 0.1) is 5.92 Å². The highest BCUT2D eigenvalue weighted by Crippen LogP contribution is 2.31. The average Bonchev–Trinajstić information content (AvgIpc) is 3.21. The maximum absolute atomic E-state index is 13.0. The molecule has 0 bridgehead atoms. The first-order valence-electron chi connectivity index (χ1n) is 10.7. The minimum atomic E-state index is -3.50. The van der Waals surface area contributed by atoms with E-state index in [1.54, 1.807) is 12.1 Å². The van der Waals surface area contributed by atoms with Gasteiger partial charge in [-0.2, -0.15) is 4.31 Å². The van der Waals surface area contributed by atoms with Gasteiger partial charge in [-0.05, 0) is 37.8 Å². The van der Waals surface area contributed by atoms with Crippen LogP contribution in [0.2, 0.25) is 4.34 Å². The lowest BCUT2D eigenvalue weighted by Gasteiger charge is -2.42. The molecule has 0 aromatic carbocycles. The molecule has 9 heteroatoms. The highest BCUT2D eigenvalue weighted by molar-refractivity contribution is 7.91. The molecule has 1 aromatic rings. The average molecular weight is 460 g/mol. The summed E-state index contributed by atoms with van der Waals surface area (Å²) in [6.45, 7) is 4.36. The van der Waals surface area contributed by atoms with Crippen LogP contribution in [-0.4, -0.2) is 73.7 Å². The summed E-state index contributed by atoms with van der Waals surface area (Å²) in [4.78, 5) is 17.6. The Morgan fingerprint density at radius 1 is 0.931 bits per heavy atom. The van der Waals surface area contributed by atoms with Crippen LogP contribution in [-0.2, 0) is 14.8 Å². The molecule has 4 rings (SSSR count). The third-order valence-corrected chi connectivity index (χ3v) is 10.3. The second-order valence-corrected chi connectivity index (χ2v) is 12.3. The summed E-state index contributed by atoms with van der Waals surface area (Å²) in [7, 11) is -3.50. The minimum Gasteiger partial charge on any atom is -0.340 e. The van der Waals surface area contributed by atoms with E-state index in [1.165, 1.54) is 36.4 Å². The number of hydrogen-bond acceptors (Lipinski definition) is 5. The first-order chi connectivity index (χ1) is 13.9. The van der Waals surface area contributed by atoms with Gasteiger partial charge >= 0.3 is 0 Å². The van der Waals surface area contributed by atoms with E-state index in [2.05, 4.69) is 4.90 Å². The summed E-state index contributed by atoms with van der Waals surface area (Å²) in [5.41, 5.74) is 0. The van der Waals surface area contributed by atoms with Crippen molar-refractivity contribution < 1.29 is 13.2 Å². The van der Waals surface area contributed by atoms with E-state index in [0.29, 0.717) is 36.3 Å². The van der Waals surface area contributed by atoms with Crippen LogP contribution in [0.5, 0.6) is 0 Å². The molecule has 1 aliphatic carbocycles. The van der Waals surface area contributed by atoms with Crippen molar-refractivity contribution in [1.82, 2.24) is 14.1 Å². The summed E-state index contributed by atoms with van der Waals surface area (Å²) in [6.07, 6.45) is 7.83. The number of hydrogen-bond donors (Lipinski definition) is 0. The van der Waals surface area contributed by atoms with Gasteiger partial charge in [0.2, 0.25) is 5.91 Å². The third-order valence-electron chi connectivity index (χ3n) is 6.66. The van der Waals surface area contributed by atoms with Gasteiger partial charge in [0.15, 0.2) is 0 Å². The number of thiophene rings is 1. The molecule has 0 atom stereocenters. The highest BCUT2D eigenvalue weighted by Gasteiger charge is 2.35. The summed E-state index contributed by atoms with van der Waals surface area (Å²) in [6, 6.07) is 3.88. The molecule has 29 heavy (non-hydrogen) atoms. The number of halogens is 1. The summed E-state index contributed by atoms with van der Waals surface area (Å²) in [5.74, 6) is 0.152. The van der Waals surface area contributed by atoms with Crippen molar-refractivity contribution in [1.29, 1.82) is 0 Å². The van der Waals surface area contributed by atoms with E-state index < -0.39 is 10.0 Å². The van der Waals surface area contributed by atoms with Crippen molar-refractivity contribution in [3.63, 3.8) is 0 Å². The lowest BCUT2D eigenvalue weighted by atomic mass is 9.93. The van der Waals surface area contributed by atoms with Crippen LogP contribution in [0.25, 0.3) is 0 Å². The number of carbonyl (C=O) groups is 1. The molecule has 1 aromatic heterocycles. The fraction of sp³-hybridized carbons (Fsp3) is 0.750. The molecule has 6 nitrogen and oxygen atoms in total. The first kappa shape index (κ1) is 21.6. The molecular formula is C20H30ClN3O3S2. The van der Waals surface area contributed by atoms with Crippen molar-refractivity contribution in [2.24, 2.45) is 5.92 Å². The zero-order chi connectivity index (χ0) is 20.4. The van der Waals surface area contributed by atoms with Gasteiger partial charge in [0, 0.05) is 51.2 Å². The fourth-order valence-electron chi connectivity index (χ4n) is 4.92. The Bertz CT molecular complexity index is 807. The number of nitrogens with zero attached hydrogens (tertiary/aromatic N) is 3. The Balaban J connectivity index is 1.27. The van der Waals surface area contributed by atoms with E-state index in [0.717, 1.165) is 37.5 Å². The molecule has 3 heterocycles. The Morgan fingerprint density at radius 3 is 2.17 bits per heavy atom. The van der Waals surface area contributed by atoms with Crippen molar-refractivity contribution in [2.45, 2.75) is 55.2 Å². The molecule has 3 aliphatic rings. The maximum atomic E-state index is 13.0. The SMILES string of the molecule is O=C(C1CCN(S(=O)(=O)c2ccc(Cl)s2)CC1)N1CCN(C2CCCCC2)CC1. The Morgan fingerprint density at radius 2 is 1.59 bits per heavy atom. The summed E-state index contributed by atoms with van der Waals surface area (Å²) in [5, 5.41) is 0. The molecule has 3 fully saturated rings. The topological polar surface area (TPSA) is 60.9 Å². The smallest absolute Gasteiger partial charge is 0.252 e. The van der Waals surface area contributed by atoms with Crippen LogP contribution in [0.1, 0.15) is 44.9 Å².